The quantitative estimate of drug-likeness (QED) is 0.879. The van der Waals surface area contributed by atoms with E-state index in [-0.39, 0.29) is 25.0 Å². The van der Waals surface area contributed by atoms with Crippen molar-refractivity contribution >= 4 is 12.0 Å². The molecule has 1 aliphatic rings. The van der Waals surface area contributed by atoms with Gasteiger partial charge in [-0.15, -0.1) is 0 Å². The molecule has 1 aromatic carbocycles. The van der Waals surface area contributed by atoms with E-state index < -0.39 is 5.97 Å². The molecule has 0 spiro atoms. The van der Waals surface area contributed by atoms with Crippen molar-refractivity contribution in [1.82, 2.24) is 10.2 Å². The van der Waals surface area contributed by atoms with Crippen LogP contribution in [-0.4, -0.2) is 41.6 Å². The molecule has 1 fully saturated rings. The van der Waals surface area contributed by atoms with Gasteiger partial charge in [-0.3, -0.25) is 4.79 Å². The van der Waals surface area contributed by atoms with Crippen LogP contribution < -0.4 is 5.32 Å². The largest absolute Gasteiger partial charge is 0.481 e. The van der Waals surface area contributed by atoms with E-state index in [0.29, 0.717) is 5.92 Å². The molecule has 1 aliphatic carbocycles. The number of carbonyl (C=O) groups is 2. The highest BCUT2D eigenvalue weighted by Gasteiger charge is 2.33. The van der Waals surface area contributed by atoms with Gasteiger partial charge in [-0.25, -0.2) is 4.79 Å². The number of rotatable bonds is 5. The second-order valence-corrected chi connectivity index (χ2v) is 6.00. The second-order valence-electron chi connectivity index (χ2n) is 6.00. The van der Waals surface area contributed by atoms with Crippen LogP contribution in [0.15, 0.2) is 24.3 Å². The van der Waals surface area contributed by atoms with Gasteiger partial charge in [0.05, 0.1) is 6.42 Å². The minimum Gasteiger partial charge on any atom is -0.481 e. The van der Waals surface area contributed by atoms with Crippen molar-refractivity contribution in [3.8, 4) is 0 Å². The zero-order valence-corrected chi connectivity index (χ0v) is 13.2. The molecule has 0 radical (unpaired) electrons. The Labute approximate surface area is 131 Å². The van der Waals surface area contributed by atoms with Gasteiger partial charge in [0.15, 0.2) is 0 Å². The Morgan fingerprint density at radius 1 is 1.27 bits per heavy atom. The average molecular weight is 304 g/mol. The number of hydrogen-bond donors (Lipinski definition) is 2. The van der Waals surface area contributed by atoms with Gasteiger partial charge in [-0.05, 0) is 25.3 Å². The predicted molar refractivity (Wildman–Crippen MR) is 85.0 cm³/mol. The van der Waals surface area contributed by atoms with E-state index in [0.717, 1.165) is 19.3 Å². The molecular formula is C17H24N2O3. The first-order valence-electron chi connectivity index (χ1n) is 7.78. The molecule has 1 saturated carbocycles. The van der Waals surface area contributed by atoms with Crippen LogP contribution in [0.5, 0.6) is 0 Å². The zero-order chi connectivity index (χ0) is 16.1. The summed E-state index contributed by atoms with van der Waals surface area (Å²) in [4.78, 5) is 24.4. The molecule has 2 N–H and O–H groups in total. The predicted octanol–water partition coefficient (Wildman–Crippen LogP) is 2.75. The second kappa shape index (κ2) is 7.29. The molecule has 2 rings (SSSR count). The zero-order valence-electron chi connectivity index (χ0n) is 13.2. The number of carbonyl (C=O) groups excluding carboxylic acids is 1. The monoisotopic (exact) mass is 304 g/mol. The fourth-order valence-corrected chi connectivity index (χ4v) is 3.16. The Morgan fingerprint density at radius 2 is 1.95 bits per heavy atom. The molecule has 0 bridgehead atoms. The standard InChI is InChI=1S/C17H24N2O3/c1-12-6-8-13(9-7-12)14-4-3-5-15(14)19(2)17(22)18-11-10-16(20)21/h6-9,14-15H,3-5,10-11H2,1-2H3,(H,18,22)(H,20,21). The molecule has 22 heavy (non-hydrogen) atoms. The minimum atomic E-state index is -0.902. The molecule has 0 heterocycles. The number of likely N-dealkylation sites (N-methyl/N-ethyl adjacent to an activating group) is 1. The highest BCUT2D eigenvalue weighted by molar-refractivity contribution is 5.75. The number of hydrogen-bond acceptors (Lipinski definition) is 2. The minimum absolute atomic E-state index is 0.0500. The molecule has 120 valence electrons. The third-order valence-corrected chi connectivity index (χ3v) is 4.42. The van der Waals surface area contributed by atoms with Crippen molar-refractivity contribution in [3.05, 3.63) is 35.4 Å². The summed E-state index contributed by atoms with van der Waals surface area (Å²) in [6, 6.07) is 8.50. The lowest BCUT2D eigenvalue weighted by Crippen LogP contribution is -2.45. The number of urea groups is 1. The van der Waals surface area contributed by atoms with E-state index in [1.54, 1.807) is 11.9 Å². The molecule has 2 unspecified atom stereocenters. The van der Waals surface area contributed by atoms with Crippen molar-refractivity contribution in [2.45, 2.75) is 44.6 Å². The molecule has 0 aliphatic heterocycles. The number of aliphatic carboxylic acids is 1. The van der Waals surface area contributed by atoms with Crippen LogP contribution in [0.3, 0.4) is 0 Å². The highest BCUT2D eigenvalue weighted by Crippen LogP contribution is 2.37. The number of amides is 2. The van der Waals surface area contributed by atoms with E-state index in [1.165, 1.54) is 11.1 Å². The van der Waals surface area contributed by atoms with Gasteiger partial charge in [-0.2, -0.15) is 0 Å². The normalized spacial score (nSPS) is 20.6. The first-order chi connectivity index (χ1) is 10.5. The van der Waals surface area contributed by atoms with E-state index in [4.69, 9.17) is 5.11 Å². The lowest BCUT2D eigenvalue weighted by atomic mass is 9.93. The molecule has 0 aromatic heterocycles. The van der Waals surface area contributed by atoms with Gasteiger partial charge in [0.1, 0.15) is 0 Å². The summed E-state index contributed by atoms with van der Waals surface area (Å²) in [5.41, 5.74) is 2.51. The summed E-state index contributed by atoms with van der Waals surface area (Å²) in [6.07, 6.45) is 3.13. The smallest absolute Gasteiger partial charge is 0.317 e. The molecule has 5 heteroatoms. The first kappa shape index (κ1) is 16.3. The fourth-order valence-electron chi connectivity index (χ4n) is 3.16. The number of carboxylic acids is 1. The van der Waals surface area contributed by atoms with E-state index in [9.17, 15) is 9.59 Å². The SMILES string of the molecule is Cc1ccc(C2CCCC2N(C)C(=O)NCCC(=O)O)cc1. The van der Waals surface area contributed by atoms with Crippen LogP contribution in [0.2, 0.25) is 0 Å². The topological polar surface area (TPSA) is 69.6 Å². The Balaban J connectivity index is 1.98. The number of nitrogens with one attached hydrogen (secondary N) is 1. The van der Waals surface area contributed by atoms with Crippen molar-refractivity contribution in [2.75, 3.05) is 13.6 Å². The molecule has 0 saturated heterocycles. The number of benzene rings is 1. The van der Waals surface area contributed by atoms with Gasteiger partial charge in [-0.1, -0.05) is 36.2 Å². The van der Waals surface area contributed by atoms with Crippen LogP contribution in [0.25, 0.3) is 0 Å². The summed E-state index contributed by atoms with van der Waals surface area (Å²) in [5.74, 6) is -0.544. The first-order valence-corrected chi connectivity index (χ1v) is 7.78. The molecule has 1 aromatic rings. The van der Waals surface area contributed by atoms with Crippen LogP contribution in [-0.2, 0) is 4.79 Å². The van der Waals surface area contributed by atoms with Crippen LogP contribution >= 0.6 is 0 Å². The van der Waals surface area contributed by atoms with Crippen molar-refractivity contribution in [1.29, 1.82) is 0 Å². The maximum Gasteiger partial charge on any atom is 0.317 e. The van der Waals surface area contributed by atoms with E-state index in [1.807, 2.05) is 0 Å². The van der Waals surface area contributed by atoms with Crippen molar-refractivity contribution in [3.63, 3.8) is 0 Å². The van der Waals surface area contributed by atoms with E-state index >= 15 is 0 Å². The average Bonchev–Trinajstić information content (AvgIpc) is 2.96. The third-order valence-electron chi connectivity index (χ3n) is 4.42. The summed E-state index contributed by atoms with van der Waals surface area (Å²) >= 11 is 0. The van der Waals surface area contributed by atoms with Crippen LogP contribution in [0.4, 0.5) is 4.79 Å². The third kappa shape index (κ3) is 4.00. The molecule has 2 amide bonds. The summed E-state index contributed by atoms with van der Waals surface area (Å²) in [6.45, 7) is 2.23. The molecule has 2 atom stereocenters. The lowest BCUT2D eigenvalue weighted by Gasteiger charge is -2.30. The summed E-state index contributed by atoms with van der Waals surface area (Å²) in [7, 11) is 1.80. The molecular weight excluding hydrogens is 280 g/mol. The van der Waals surface area contributed by atoms with Gasteiger partial charge in [0, 0.05) is 25.6 Å². The lowest BCUT2D eigenvalue weighted by molar-refractivity contribution is -0.136. The van der Waals surface area contributed by atoms with Crippen molar-refractivity contribution < 1.29 is 14.7 Å². The van der Waals surface area contributed by atoms with Gasteiger partial charge >= 0.3 is 12.0 Å². The molecule has 5 nitrogen and oxygen atoms in total. The van der Waals surface area contributed by atoms with Gasteiger partial charge in [0.25, 0.3) is 0 Å². The maximum atomic E-state index is 12.2. The number of aryl methyl sites for hydroxylation is 1. The Bertz CT molecular complexity index is 527. The number of nitrogens with zero attached hydrogens (tertiary/aromatic N) is 1. The summed E-state index contributed by atoms with van der Waals surface area (Å²) in [5, 5.41) is 11.3. The summed E-state index contributed by atoms with van der Waals surface area (Å²) < 4.78 is 0. The number of carboxylic acid groups (broad SMARTS) is 1. The van der Waals surface area contributed by atoms with Crippen LogP contribution in [0, 0.1) is 6.92 Å². The van der Waals surface area contributed by atoms with Gasteiger partial charge in [0.2, 0.25) is 0 Å². The maximum absolute atomic E-state index is 12.2. The Hall–Kier alpha value is -2.04. The fraction of sp³-hybridized carbons (Fsp3) is 0.529. The Morgan fingerprint density at radius 3 is 2.59 bits per heavy atom. The van der Waals surface area contributed by atoms with E-state index in [2.05, 4.69) is 36.5 Å². The van der Waals surface area contributed by atoms with Crippen molar-refractivity contribution in [2.24, 2.45) is 0 Å². The van der Waals surface area contributed by atoms with Gasteiger partial charge < -0.3 is 15.3 Å². The Kier molecular flexibility index (Phi) is 5.41. The highest BCUT2D eigenvalue weighted by atomic mass is 16.4. The van der Waals surface area contributed by atoms with Crippen LogP contribution in [0.1, 0.15) is 42.7 Å².